The highest BCUT2D eigenvalue weighted by Crippen LogP contribution is 2.36. The van der Waals surface area contributed by atoms with Crippen LogP contribution in [0, 0.1) is 5.41 Å². The van der Waals surface area contributed by atoms with E-state index >= 15 is 0 Å². The Kier molecular flexibility index (Phi) is 8.83. The summed E-state index contributed by atoms with van der Waals surface area (Å²) in [5.74, 6) is 0.552. The fraction of sp³-hybridized carbons (Fsp3) is 0.708. The van der Waals surface area contributed by atoms with Crippen molar-refractivity contribution in [3.8, 4) is 5.75 Å². The van der Waals surface area contributed by atoms with Crippen LogP contribution in [0.2, 0.25) is 0 Å². The van der Waals surface area contributed by atoms with Gasteiger partial charge in [0, 0.05) is 44.7 Å². The van der Waals surface area contributed by atoms with Crippen LogP contribution in [-0.2, 0) is 10.0 Å². The molecular weight excluding hydrogens is 456 g/mol. The van der Waals surface area contributed by atoms with Gasteiger partial charge < -0.3 is 25.0 Å². The highest BCUT2D eigenvalue weighted by Gasteiger charge is 2.39. The molecule has 2 aliphatic rings. The van der Waals surface area contributed by atoms with Gasteiger partial charge in [-0.05, 0) is 49.9 Å². The molecule has 9 nitrogen and oxygen atoms in total. The van der Waals surface area contributed by atoms with Gasteiger partial charge in [-0.2, -0.15) is 0 Å². The molecule has 0 bridgehead atoms. The number of likely N-dealkylation sites (N-methyl/N-ethyl adjacent to an activating group) is 1. The van der Waals surface area contributed by atoms with Gasteiger partial charge >= 0.3 is 6.03 Å². The lowest BCUT2D eigenvalue weighted by Crippen LogP contribution is -2.53. The van der Waals surface area contributed by atoms with Crippen LogP contribution in [0.4, 0.5) is 4.79 Å². The van der Waals surface area contributed by atoms with E-state index in [0.717, 1.165) is 24.8 Å². The molecule has 1 aromatic rings. The van der Waals surface area contributed by atoms with Crippen molar-refractivity contribution in [3.05, 3.63) is 23.8 Å². The number of nitrogens with zero attached hydrogens (tertiary/aromatic N) is 2. The molecular formula is C24H40N4O5S. The normalized spacial score (nSPS) is 23.5. The standard InChI is InChI=1S/C24H40N4O5S/c1-5-10-25-23(30)28-11-8-24(9-12-28)16-27(4)15-20(29)14-26-34(31,32)22-7-6-19(18(2)3)13-21(22)33-17-24/h6-7,13,18,20,26,29H,5,8-12,14-17H2,1-4H3,(H,25,30). The van der Waals surface area contributed by atoms with E-state index < -0.39 is 16.1 Å². The minimum absolute atomic E-state index is 0.0429. The minimum Gasteiger partial charge on any atom is -0.492 e. The number of nitrogens with one attached hydrogen (secondary N) is 2. The predicted molar refractivity (Wildman–Crippen MR) is 132 cm³/mol. The van der Waals surface area contributed by atoms with Crippen LogP contribution in [0.3, 0.4) is 0 Å². The summed E-state index contributed by atoms with van der Waals surface area (Å²) in [5, 5.41) is 13.4. The first-order valence-corrected chi connectivity index (χ1v) is 13.7. The van der Waals surface area contributed by atoms with E-state index in [2.05, 4.69) is 23.9 Å². The number of carbonyl (C=O) groups is 1. The maximum absolute atomic E-state index is 13.0. The molecule has 2 amide bonds. The summed E-state index contributed by atoms with van der Waals surface area (Å²) < 4.78 is 34.9. The van der Waals surface area contributed by atoms with Crippen molar-refractivity contribution in [1.82, 2.24) is 19.8 Å². The van der Waals surface area contributed by atoms with Crippen molar-refractivity contribution in [3.63, 3.8) is 0 Å². The molecule has 1 atom stereocenters. The number of piperidine rings is 1. The summed E-state index contributed by atoms with van der Waals surface area (Å²) in [4.78, 5) is 16.4. The molecule has 3 N–H and O–H groups in total. The van der Waals surface area contributed by atoms with Gasteiger partial charge in [-0.15, -0.1) is 0 Å². The maximum atomic E-state index is 13.0. The number of aliphatic hydroxyl groups is 1. The molecule has 192 valence electrons. The molecule has 0 aliphatic carbocycles. The number of hydrogen-bond donors (Lipinski definition) is 3. The number of likely N-dealkylation sites (tertiary alicyclic amines) is 1. The Morgan fingerprint density at radius 1 is 1.32 bits per heavy atom. The monoisotopic (exact) mass is 496 g/mol. The number of rotatable bonds is 3. The van der Waals surface area contributed by atoms with E-state index in [-0.39, 0.29) is 28.8 Å². The summed E-state index contributed by atoms with van der Waals surface area (Å²) in [7, 11) is -1.92. The van der Waals surface area contributed by atoms with Crippen LogP contribution < -0.4 is 14.8 Å². The number of amides is 2. The fourth-order valence-corrected chi connectivity index (χ4v) is 5.87. The topological polar surface area (TPSA) is 111 Å². The zero-order chi connectivity index (χ0) is 24.9. The van der Waals surface area contributed by atoms with Crippen LogP contribution in [0.5, 0.6) is 5.75 Å². The Morgan fingerprint density at radius 3 is 2.68 bits per heavy atom. The first-order valence-electron chi connectivity index (χ1n) is 12.2. The molecule has 10 heteroatoms. The highest BCUT2D eigenvalue weighted by molar-refractivity contribution is 7.89. The number of fused-ring (bicyclic) bond motifs is 1. The first-order chi connectivity index (χ1) is 16.0. The van der Waals surface area contributed by atoms with Gasteiger partial charge in [0.2, 0.25) is 10.0 Å². The molecule has 1 saturated heterocycles. The van der Waals surface area contributed by atoms with Crippen molar-refractivity contribution in [1.29, 1.82) is 0 Å². The molecule has 1 spiro atoms. The van der Waals surface area contributed by atoms with Crippen LogP contribution in [0.25, 0.3) is 0 Å². The molecule has 1 fully saturated rings. The molecule has 0 aromatic heterocycles. The summed E-state index contributed by atoms with van der Waals surface area (Å²) in [6.45, 7) is 9.27. The number of urea groups is 1. The average molecular weight is 497 g/mol. The van der Waals surface area contributed by atoms with Crippen molar-refractivity contribution in [2.45, 2.75) is 57.0 Å². The van der Waals surface area contributed by atoms with Crippen LogP contribution in [0.1, 0.15) is 51.5 Å². The van der Waals surface area contributed by atoms with Gasteiger partial charge in [-0.3, -0.25) is 0 Å². The third-order valence-corrected chi connectivity index (χ3v) is 8.20. The van der Waals surface area contributed by atoms with Gasteiger partial charge in [0.15, 0.2) is 0 Å². The second-order valence-electron chi connectivity index (χ2n) is 10.1. The van der Waals surface area contributed by atoms with Crippen LogP contribution >= 0.6 is 0 Å². The zero-order valence-corrected chi connectivity index (χ0v) is 21.7. The molecule has 0 saturated carbocycles. The van der Waals surface area contributed by atoms with Crippen LogP contribution in [-0.4, -0.2) is 88.4 Å². The molecule has 2 heterocycles. The van der Waals surface area contributed by atoms with E-state index in [9.17, 15) is 18.3 Å². The lowest BCUT2D eigenvalue weighted by Gasteiger charge is -2.44. The van der Waals surface area contributed by atoms with E-state index in [1.54, 1.807) is 6.07 Å². The van der Waals surface area contributed by atoms with Gasteiger partial charge in [-0.1, -0.05) is 26.8 Å². The van der Waals surface area contributed by atoms with E-state index in [0.29, 0.717) is 45.1 Å². The van der Waals surface area contributed by atoms with Crippen molar-refractivity contribution in [2.24, 2.45) is 5.41 Å². The molecule has 0 radical (unpaired) electrons. The quantitative estimate of drug-likeness (QED) is 0.590. The van der Waals surface area contributed by atoms with E-state index in [1.807, 2.05) is 35.9 Å². The number of aliphatic hydroxyl groups excluding tert-OH is 1. The minimum atomic E-state index is -3.85. The molecule has 34 heavy (non-hydrogen) atoms. The van der Waals surface area contributed by atoms with Crippen molar-refractivity contribution < 1.29 is 23.1 Å². The maximum Gasteiger partial charge on any atom is 0.317 e. The lowest BCUT2D eigenvalue weighted by molar-refractivity contribution is 0.0243. The Morgan fingerprint density at radius 2 is 2.03 bits per heavy atom. The van der Waals surface area contributed by atoms with Crippen molar-refractivity contribution >= 4 is 16.1 Å². The number of carbonyl (C=O) groups excluding carboxylic acids is 1. The van der Waals surface area contributed by atoms with Crippen LogP contribution in [0.15, 0.2) is 23.1 Å². The fourth-order valence-electron chi connectivity index (χ4n) is 4.67. The summed E-state index contributed by atoms with van der Waals surface area (Å²) in [5.41, 5.74) is 0.729. The molecule has 2 aliphatic heterocycles. The Labute approximate surface area is 203 Å². The summed E-state index contributed by atoms with van der Waals surface area (Å²) in [6.07, 6.45) is 1.52. The highest BCUT2D eigenvalue weighted by atomic mass is 32.2. The van der Waals surface area contributed by atoms with Gasteiger partial charge in [-0.25, -0.2) is 17.9 Å². The lowest BCUT2D eigenvalue weighted by atomic mass is 9.78. The molecule has 3 rings (SSSR count). The molecule has 1 aromatic carbocycles. The summed E-state index contributed by atoms with van der Waals surface area (Å²) >= 11 is 0. The number of ether oxygens (including phenoxy) is 1. The second kappa shape index (κ2) is 11.2. The Hall–Kier alpha value is -1.88. The number of hydrogen-bond acceptors (Lipinski definition) is 6. The third kappa shape index (κ3) is 6.62. The van der Waals surface area contributed by atoms with Gasteiger partial charge in [0.25, 0.3) is 0 Å². The third-order valence-electron chi connectivity index (χ3n) is 6.73. The Balaban J connectivity index is 1.89. The van der Waals surface area contributed by atoms with E-state index in [4.69, 9.17) is 4.74 Å². The Bertz CT molecular complexity index is 945. The summed E-state index contributed by atoms with van der Waals surface area (Å²) in [6, 6.07) is 5.17. The SMILES string of the molecule is CCCNC(=O)N1CCC2(CC1)COc1cc(C(C)C)ccc1S(=O)(=O)NCC(O)CN(C)C2. The average Bonchev–Trinajstić information content (AvgIpc) is 2.79. The first kappa shape index (κ1) is 26.7. The van der Waals surface area contributed by atoms with Gasteiger partial charge in [0.1, 0.15) is 10.6 Å². The smallest absolute Gasteiger partial charge is 0.317 e. The predicted octanol–water partition coefficient (Wildman–Crippen LogP) is 1.98. The van der Waals surface area contributed by atoms with Crippen molar-refractivity contribution in [2.75, 3.05) is 52.9 Å². The number of β-amino-alcohol motifs (C(OH)–C–C–N with tert-alkyl or cyclic N) is 1. The number of benzene rings is 1. The van der Waals surface area contributed by atoms with E-state index in [1.165, 1.54) is 0 Å². The molecule has 1 unspecified atom stereocenters. The largest absolute Gasteiger partial charge is 0.492 e. The second-order valence-corrected chi connectivity index (χ2v) is 11.8. The van der Waals surface area contributed by atoms with Gasteiger partial charge in [0.05, 0.1) is 12.7 Å². The zero-order valence-electron chi connectivity index (χ0n) is 20.8. The number of sulfonamides is 1.